The Hall–Kier alpha value is -1.97. The number of aliphatic hydroxyl groups is 2. The van der Waals surface area contributed by atoms with Crippen LogP contribution < -0.4 is 11.0 Å². The molecule has 0 radical (unpaired) electrons. The van der Waals surface area contributed by atoms with E-state index in [0.717, 1.165) is 4.57 Å². The number of aliphatic hydroxyl groups excluding tert-OH is 2. The molecule has 0 spiro atoms. The van der Waals surface area contributed by atoms with Crippen molar-refractivity contribution in [2.75, 3.05) is 11.9 Å². The van der Waals surface area contributed by atoms with Gasteiger partial charge in [-0.1, -0.05) is 41.4 Å². The number of nitrogens with zero attached hydrogens (tertiary/aromatic N) is 2. The normalized spacial score (nSPS) is 24.4. The van der Waals surface area contributed by atoms with Crippen molar-refractivity contribution in [2.24, 2.45) is 0 Å². The van der Waals surface area contributed by atoms with Crippen molar-refractivity contribution >= 4 is 34.9 Å². The number of carbonyl (C=O) groups excluding carboxylic acids is 1. The highest BCUT2D eigenvalue weighted by Crippen LogP contribution is 2.45. The largest absolute Gasteiger partial charge is 0.394 e. The molecule has 3 N–H and O–H groups in total. The van der Waals surface area contributed by atoms with Crippen molar-refractivity contribution in [3.05, 3.63) is 58.6 Å². The van der Waals surface area contributed by atoms with Crippen LogP contribution in [0.2, 0.25) is 0 Å². The van der Waals surface area contributed by atoms with E-state index in [-0.39, 0.29) is 5.82 Å². The number of alkyl halides is 2. The number of aromatic nitrogens is 2. The quantitative estimate of drug-likeness (QED) is 0.658. The average Bonchev–Trinajstić information content (AvgIpc) is 2.85. The van der Waals surface area contributed by atoms with Crippen LogP contribution in [0.15, 0.2) is 47.4 Å². The van der Waals surface area contributed by atoms with Gasteiger partial charge in [0.2, 0.25) is 0 Å². The zero-order valence-corrected chi connectivity index (χ0v) is 14.8. The van der Waals surface area contributed by atoms with Crippen molar-refractivity contribution in [2.45, 2.75) is 22.8 Å². The molecular weight excluding hydrogens is 385 g/mol. The number of benzene rings is 1. The Balaban J connectivity index is 1.82. The predicted molar refractivity (Wildman–Crippen MR) is 94.3 cm³/mol. The second-order valence-corrected chi connectivity index (χ2v) is 7.10. The maximum Gasteiger partial charge on any atom is 0.351 e. The molecule has 1 aliphatic heterocycles. The highest BCUT2D eigenvalue weighted by atomic mass is 35.5. The number of ether oxygens (including phenoxy) is 1. The lowest BCUT2D eigenvalue weighted by molar-refractivity contribution is -0.0461. The lowest BCUT2D eigenvalue weighted by atomic mass is 10.2. The van der Waals surface area contributed by atoms with E-state index >= 15 is 0 Å². The van der Waals surface area contributed by atoms with Gasteiger partial charge in [0.25, 0.3) is 5.91 Å². The van der Waals surface area contributed by atoms with Crippen LogP contribution in [0.25, 0.3) is 0 Å². The molecule has 3 atom stereocenters. The number of anilines is 1. The van der Waals surface area contributed by atoms with E-state index in [1.807, 2.05) is 0 Å². The fourth-order valence-electron chi connectivity index (χ4n) is 2.56. The van der Waals surface area contributed by atoms with Gasteiger partial charge in [0, 0.05) is 11.8 Å². The topological polar surface area (TPSA) is 114 Å². The van der Waals surface area contributed by atoms with E-state index in [1.165, 1.54) is 12.3 Å². The minimum atomic E-state index is -1.85. The number of carbonyl (C=O) groups is 1. The lowest BCUT2D eigenvalue weighted by Gasteiger charge is -2.24. The minimum absolute atomic E-state index is 0.0344. The Bertz CT molecular complexity index is 858. The highest BCUT2D eigenvalue weighted by molar-refractivity contribution is 6.49. The maximum atomic E-state index is 12.3. The summed E-state index contributed by atoms with van der Waals surface area (Å²) in [7, 11) is 0. The summed E-state index contributed by atoms with van der Waals surface area (Å²) in [6.45, 7) is -0.522. The van der Waals surface area contributed by atoms with Crippen LogP contribution in [0.4, 0.5) is 5.82 Å². The molecule has 10 heteroatoms. The van der Waals surface area contributed by atoms with Gasteiger partial charge in [-0.2, -0.15) is 4.98 Å². The predicted octanol–water partition coefficient (Wildman–Crippen LogP) is 0.920. The SMILES string of the molecule is O=C(Nc1ccn([C@@H]2O[C@H](CO)C(O)C2(Cl)Cl)c(=O)n1)c1ccccc1. The van der Waals surface area contributed by atoms with Gasteiger partial charge in [0.15, 0.2) is 10.6 Å². The summed E-state index contributed by atoms with van der Waals surface area (Å²) in [5.41, 5.74) is -0.385. The third kappa shape index (κ3) is 3.46. The van der Waals surface area contributed by atoms with Crippen LogP contribution in [0.3, 0.4) is 0 Å². The average molecular weight is 400 g/mol. The van der Waals surface area contributed by atoms with Crippen LogP contribution in [-0.2, 0) is 4.74 Å². The molecule has 1 amide bonds. The fraction of sp³-hybridized carbons (Fsp3) is 0.312. The molecule has 0 saturated carbocycles. The zero-order chi connectivity index (χ0) is 18.9. The Morgan fingerprint density at radius 3 is 2.58 bits per heavy atom. The molecule has 2 heterocycles. The summed E-state index contributed by atoms with van der Waals surface area (Å²) in [5.74, 6) is -0.390. The second-order valence-electron chi connectivity index (χ2n) is 5.65. The summed E-state index contributed by atoms with van der Waals surface area (Å²) in [6.07, 6.45) is -2.41. The summed E-state index contributed by atoms with van der Waals surface area (Å²) < 4.78 is 4.50. The Morgan fingerprint density at radius 2 is 2.00 bits per heavy atom. The number of amides is 1. The number of halogens is 2. The van der Waals surface area contributed by atoms with Crippen molar-refractivity contribution in [1.82, 2.24) is 9.55 Å². The van der Waals surface area contributed by atoms with Gasteiger partial charge in [-0.15, -0.1) is 0 Å². The van der Waals surface area contributed by atoms with Crippen LogP contribution in [0.5, 0.6) is 0 Å². The van der Waals surface area contributed by atoms with Crippen molar-refractivity contribution in [3.8, 4) is 0 Å². The van der Waals surface area contributed by atoms with Crippen LogP contribution in [0, 0.1) is 0 Å². The first-order valence-corrected chi connectivity index (χ1v) is 8.38. The van der Waals surface area contributed by atoms with E-state index in [4.69, 9.17) is 27.9 Å². The number of nitrogens with one attached hydrogen (secondary N) is 1. The molecule has 1 aromatic heterocycles. The Kier molecular flexibility index (Phi) is 5.31. The first-order chi connectivity index (χ1) is 12.3. The van der Waals surface area contributed by atoms with E-state index in [1.54, 1.807) is 30.3 Å². The molecule has 0 aliphatic carbocycles. The van der Waals surface area contributed by atoms with Gasteiger partial charge in [-0.05, 0) is 18.2 Å². The van der Waals surface area contributed by atoms with E-state index in [9.17, 15) is 19.8 Å². The van der Waals surface area contributed by atoms with E-state index in [0.29, 0.717) is 5.56 Å². The summed E-state index contributed by atoms with van der Waals surface area (Å²) in [4.78, 5) is 28.2. The smallest absolute Gasteiger partial charge is 0.351 e. The third-order valence-electron chi connectivity index (χ3n) is 3.92. The van der Waals surface area contributed by atoms with Crippen molar-refractivity contribution in [3.63, 3.8) is 0 Å². The van der Waals surface area contributed by atoms with Gasteiger partial charge in [0.1, 0.15) is 18.0 Å². The minimum Gasteiger partial charge on any atom is -0.394 e. The number of hydrogen-bond donors (Lipinski definition) is 3. The van der Waals surface area contributed by atoms with Crippen LogP contribution in [0.1, 0.15) is 16.6 Å². The molecular formula is C16H15Cl2N3O5. The summed E-state index contributed by atoms with van der Waals surface area (Å²) in [6, 6.07) is 9.80. The zero-order valence-electron chi connectivity index (χ0n) is 13.3. The Labute approximate surface area is 158 Å². The standard InChI is InChI=1S/C16H15Cl2N3O5/c17-16(18)12(23)10(8-22)26-14(16)21-7-6-11(20-15(21)25)19-13(24)9-4-2-1-3-5-9/h1-7,10,12,14,22-23H,8H2,(H,19,20,24,25)/t10-,12?,14-/m1/s1. The first kappa shape index (κ1) is 18.8. The second kappa shape index (κ2) is 7.34. The Morgan fingerprint density at radius 1 is 1.31 bits per heavy atom. The van der Waals surface area contributed by atoms with Crippen molar-refractivity contribution < 1.29 is 19.7 Å². The van der Waals surface area contributed by atoms with Crippen molar-refractivity contribution in [1.29, 1.82) is 0 Å². The molecule has 26 heavy (non-hydrogen) atoms. The molecule has 1 saturated heterocycles. The van der Waals surface area contributed by atoms with Gasteiger partial charge in [0.05, 0.1) is 6.61 Å². The molecule has 1 aliphatic rings. The maximum absolute atomic E-state index is 12.3. The van der Waals surface area contributed by atoms with Crippen LogP contribution in [-0.4, -0.2) is 48.8 Å². The van der Waals surface area contributed by atoms with Gasteiger partial charge in [-0.25, -0.2) is 4.79 Å². The molecule has 1 aromatic carbocycles. The van der Waals surface area contributed by atoms with Gasteiger partial charge in [-0.3, -0.25) is 9.36 Å². The molecule has 138 valence electrons. The fourth-order valence-corrected chi connectivity index (χ4v) is 3.15. The summed E-state index contributed by atoms with van der Waals surface area (Å²) in [5, 5.41) is 21.7. The lowest BCUT2D eigenvalue weighted by Crippen LogP contribution is -2.40. The molecule has 3 rings (SSSR count). The monoisotopic (exact) mass is 399 g/mol. The molecule has 1 fully saturated rings. The number of rotatable bonds is 4. The third-order valence-corrected chi connectivity index (χ3v) is 4.74. The number of hydrogen-bond acceptors (Lipinski definition) is 6. The van der Waals surface area contributed by atoms with Crippen LogP contribution >= 0.6 is 23.2 Å². The summed E-state index contributed by atoms with van der Waals surface area (Å²) >= 11 is 12.2. The molecule has 0 bridgehead atoms. The molecule has 1 unspecified atom stereocenters. The van der Waals surface area contributed by atoms with Gasteiger partial charge >= 0.3 is 5.69 Å². The highest BCUT2D eigenvalue weighted by Gasteiger charge is 2.55. The first-order valence-electron chi connectivity index (χ1n) is 7.62. The molecule has 8 nitrogen and oxygen atoms in total. The van der Waals surface area contributed by atoms with E-state index < -0.39 is 41.0 Å². The molecule has 2 aromatic rings. The van der Waals surface area contributed by atoms with Gasteiger partial charge < -0.3 is 20.3 Å². The van der Waals surface area contributed by atoms with E-state index in [2.05, 4.69) is 10.3 Å².